The highest BCUT2D eigenvalue weighted by Gasteiger charge is 2.29. The van der Waals surface area contributed by atoms with E-state index in [0.29, 0.717) is 0 Å². The number of rotatable bonds is 4. The quantitative estimate of drug-likeness (QED) is 0.677. The molecule has 112 valence electrons. The Kier molecular flexibility index (Phi) is 4.75. The van der Waals surface area contributed by atoms with Gasteiger partial charge in [-0.15, -0.1) is 0 Å². The zero-order valence-electron chi connectivity index (χ0n) is 11.6. The Morgan fingerprint density at radius 1 is 1.35 bits per heavy atom. The molecule has 0 unspecified atom stereocenters. The molecule has 0 radical (unpaired) electrons. The number of esters is 1. The molecule has 2 N–H and O–H groups in total. The molecule has 0 aliphatic heterocycles. The third kappa shape index (κ3) is 3.93. The Morgan fingerprint density at radius 2 is 1.95 bits per heavy atom. The summed E-state index contributed by atoms with van der Waals surface area (Å²) in [5.74, 6) is -1.75. The number of hydrogen-bond acceptors (Lipinski definition) is 5. The van der Waals surface area contributed by atoms with Gasteiger partial charge in [0.1, 0.15) is 12.4 Å². The fraction of sp³-hybridized carbons (Fsp3) is 0.462. The van der Waals surface area contributed by atoms with E-state index in [1.165, 1.54) is 6.07 Å². The fourth-order valence-electron chi connectivity index (χ4n) is 1.33. The Bertz CT molecular complexity index is 605. The molecule has 1 rings (SSSR count). The van der Waals surface area contributed by atoms with Crippen LogP contribution in [0.3, 0.4) is 0 Å². The van der Waals surface area contributed by atoms with Gasteiger partial charge < -0.3 is 10.5 Å². The topological polar surface area (TPSA) is 86.5 Å². The van der Waals surface area contributed by atoms with E-state index >= 15 is 0 Å². The van der Waals surface area contributed by atoms with Crippen molar-refractivity contribution in [1.82, 2.24) is 0 Å². The molecule has 0 heterocycles. The van der Waals surface area contributed by atoms with Crippen LogP contribution >= 0.6 is 0 Å². The van der Waals surface area contributed by atoms with Crippen LogP contribution in [-0.2, 0) is 14.6 Å². The predicted molar refractivity (Wildman–Crippen MR) is 74.6 cm³/mol. The predicted octanol–water partition coefficient (Wildman–Crippen LogP) is 1.78. The largest absolute Gasteiger partial charge is 0.461 e. The minimum absolute atomic E-state index is 0.0788. The number of halogens is 1. The van der Waals surface area contributed by atoms with Gasteiger partial charge in [-0.25, -0.2) is 17.6 Å². The van der Waals surface area contributed by atoms with Gasteiger partial charge in [-0.3, -0.25) is 0 Å². The van der Waals surface area contributed by atoms with Crippen molar-refractivity contribution in [3.05, 3.63) is 29.6 Å². The van der Waals surface area contributed by atoms with Crippen molar-refractivity contribution >= 4 is 21.5 Å². The maximum Gasteiger partial charge on any atom is 0.340 e. The van der Waals surface area contributed by atoms with Gasteiger partial charge in [0.15, 0.2) is 9.84 Å². The van der Waals surface area contributed by atoms with Crippen LogP contribution in [0.25, 0.3) is 0 Å². The summed E-state index contributed by atoms with van der Waals surface area (Å²) in [7, 11) is -3.38. The highest BCUT2D eigenvalue weighted by atomic mass is 32.2. The van der Waals surface area contributed by atoms with Gasteiger partial charge in [-0.05, 0) is 39.0 Å². The Labute approximate surface area is 117 Å². The molecular formula is C13H18FNO4S. The molecule has 1 aromatic carbocycles. The van der Waals surface area contributed by atoms with E-state index in [1.54, 1.807) is 20.8 Å². The van der Waals surface area contributed by atoms with Gasteiger partial charge in [-0.2, -0.15) is 0 Å². The van der Waals surface area contributed by atoms with Crippen LogP contribution < -0.4 is 5.73 Å². The van der Waals surface area contributed by atoms with Crippen molar-refractivity contribution in [1.29, 1.82) is 0 Å². The van der Waals surface area contributed by atoms with Crippen LogP contribution in [0.4, 0.5) is 10.1 Å². The van der Waals surface area contributed by atoms with Crippen molar-refractivity contribution < 1.29 is 22.3 Å². The van der Waals surface area contributed by atoms with Crippen molar-refractivity contribution in [2.75, 3.05) is 18.1 Å². The lowest BCUT2D eigenvalue weighted by atomic mass is 10.2. The minimum atomic E-state index is -3.38. The normalized spacial score (nSPS) is 12.2. The van der Waals surface area contributed by atoms with Crippen LogP contribution in [0.5, 0.6) is 0 Å². The summed E-state index contributed by atoms with van der Waals surface area (Å²) in [5, 5.41) is 0. The summed E-state index contributed by atoms with van der Waals surface area (Å²) in [4.78, 5) is 11.7. The average Bonchev–Trinajstić information content (AvgIpc) is 2.30. The summed E-state index contributed by atoms with van der Waals surface area (Å²) in [6.45, 7) is 4.40. The van der Waals surface area contributed by atoms with E-state index in [1.807, 2.05) is 0 Å². The van der Waals surface area contributed by atoms with Gasteiger partial charge in [0, 0.05) is 5.69 Å². The first-order chi connectivity index (χ1) is 9.04. The van der Waals surface area contributed by atoms with Gasteiger partial charge in [0.05, 0.1) is 16.1 Å². The lowest BCUT2D eigenvalue weighted by Gasteiger charge is -2.18. The first-order valence-corrected chi connectivity index (χ1v) is 7.64. The van der Waals surface area contributed by atoms with E-state index in [9.17, 15) is 17.6 Å². The first kappa shape index (κ1) is 16.4. The molecule has 0 aliphatic carbocycles. The third-order valence-corrected chi connectivity index (χ3v) is 5.32. The second-order valence-electron chi connectivity index (χ2n) is 5.30. The second kappa shape index (κ2) is 5.78. The monoisotopic (exact) mass is 303 g/mol. The molecule has 0 aromatic heterocycles. The van der Waals surface area contributed by atoms with Crippen LogP contribution in [-0.4, -0.2) is 31.5 Å². The van der Waals surface area contributed by atoms with Crippen LogP contribution in [0.1, 0.15) is 31.1 Å². The third-order valence-electron chi connectivity index (χ3n) is 2.75. The average molecular weight is 303 g/mol. The smallest absolute Gasteiger partial charge is 0.340 e. The number of anilines is 1. The molecule has 1 aromatic rings. The number of carbonyl (C=O) groups excluding carboxylic acids is 1. The van der Waals surface area contributed by atoms with E-state index in [0.717, 1.165) is 12.1 Å². The highest BCUT2D eigenvalue weighted by molar-refractivity contribution is 7.92. The summed E-state index contributed by atoms with van der Waals surface area (Å²) in [5.41, 5.74) is 5.50. The van der Waals surface area contributed by atoms with Gasteiger partial charge in [0.2, 0.25) is 0 Å². The Hall–Kier alpha value is -1.63. The van der Waals surface area contributed by atoms with Crippen molar-refractivity contribution in [3.8, 4) is 0 Å². The summed E-state index contributed by atoms with van der Waals surface area (Å²) >= 11 is 0. The van der Waals surface area contributed by atoms with Crippen molar-refractivity contribution in [3.63, 3.8) is 0 Å². The molecule has 0 saturated carbocycles. The van der Waals surface area contributed by atoms with Crippen molar-refractivity contribution in [2.24, 2.45) is 0 Å². The molecule has 0 atom stereocenters. The number of sulfone groups is 1. The molecule has 0 saturated heterocycles. The molecule has 20 heavy (non-hydrogen) atoms. The molecule has 0 fully saturated rings. The van der Waals surface area contributed by atoms with Crippen LogP contribution in [0, 0.1) is 5.82 Å². The van der Waals surface area contributed by atoms with Gasteiger partial charge in [-0.1, -0.05) is 0 Å². The van der Waals surface area contributed by atoms with E-state index in [-0.39, 0.29) is 23.6 Å². The highest BCUT2D eigenvalue weighted by Crippen LogP contribution is 2.17. The molecule has 0 spiro atoms. The lowest BCUT2D eigenvalue weighted by Crippen LogP contribution is -2.32. The first-order valence-electron chi connectivity index (χ1n) is 5.99. The fourth-order valence-corrected chi connectivity index (χ4v) is 2.25. The zero-order valence-corrected chi connectivity index (χ0v) is 12.5. The Balaban J connectivity index is 2.68. The molecular weight excluding hydrogens is 285 g/mol. The molecule has 7 heteroatoms. The van der Waals surface area contributed by atoms with E-state index < -0.39 is 26.4 Å². The molecule has 0 amide bonds. The number of nitrogen functional groups attached to an aromatic ring is 1. The number of ether oxygens (including phenoxy) is 1. The van der Waals surface area contributed by atoms with Gasteiger partial charge in [0.25, 0.3) is 0 Å². The van der Waals surface area contributed by atoms with Crippen LogP contribution in [0.2, 0.25) is 0 Å². The minimum Gasteiger partial charge on any atom is -0.461 e. The lowest BCUT2D eigenvalue weighted by molar-refractivity contribution is 0.0529. The van der Waals surface area contributed by atoms with Crippen LogP contribution in [0.15, 0.2) is 18.2 Å². The van der Waals surface area contributed by atoms with E-state index in [4.69, 9.17) is 10.5 Å². The molecule has 0 bridgehead atoms. The maximum atomic E-state index is 13.0. The molecule has 5 nitrogen and oxygen atoms in total. The standard InChI is InChI=1S/C13H18FNO4S/c1-13(2,3)20(17,18)7-6-19-12(16)10-8-9(14)4-5-11(10)15/h4-5,8H,6-7,15H2,1-3H3. The number of nitrogens with two attached hydrogens (primary N) is 1. The summed E-state index contributed by atoms with van der Waals surface area (Å²) in [6.07, 6.45) is 0. The SMILES string of the molecule is CC(C)(C)S(=O)(=O)CCOC(=O)c1cc(F)ccc1N. The summed E-state index contributed by atoms with van der Waals surface area (Å²) in [6, 6.07) is 3.32. The second-order valence-corrected chi connectivity index (χ2v) is 8.16. The van der Waals surface area contributed by atoms with Crippen molar-refractivity contribution in [2.45, 2.75) is 25.5 Å². The number of hydrogen-bond donors (Lipinski definition) is 1. The zero-order chi connectivity index (χ0) is 15.6. The van der Waals surface area contributed by atoms with E-state index in [2.05, 4.69) is 0 Å². The number of benzene rings is 1. The summed E-state index contributed by atoms with van der Waals surface area (Å²) < 4.78 is 40.6. The number of carbonyl (C=O) groups is 1. The Morgan fingerprint density at radius 3 is 2.50 bits per heavy atom. The molecule has 0 aliphatic rings. The maximum absolute atomic E-state index is 13.0. The van der Waals surface area contributed by atoms with Gasteiger partial charge >= 0.3 is 5.97 Å².